The number of benzene rings is 2. The average molecular weight is 335 g/mol. The Bertz CT molecular complexity index is 896. The average Bonchev–Trinajstić information content (AvgIpc) is 2.95. The van der Waals surface area contributed by atoms with E-state index in [1.165, 1.54) is 12.1 Å². The van der Waals surface area contributed by atoms with Crippen molar-refractivity contribution >= 4 is 23.6 Å². The van der Waals surface area contributed by atoms with Crippen LogP contribution in [-0.4, -0.2) is 17.8 Å². The van der Waals surface area contributed by atoms with Gasteiger partial charge in [-0.2, -0.15) is 0 Å². The number of Topliss-reactive ketones (excluding diaryl/α,β-unsaturated/α-hetero) is 1. The number of ether oxygens (including phenoxy) is 1. The van der Waals surface area contributed by atoms with Crippen LogP contribution in [0.15, 0.2) is 59.7 Å². The molecule has 0 aliphatic heterocycles. The van der Waals surface area contributed by atoms with Crippen molar-refractivity contribution in [1.82, 2.24) is 0 Å². The van der Waals surface area contributed by atoms with Crippen molar-refractivity contribution in [2.75, 3.05) is 7.11 Å². The molecule has 0 spiro atoms. The van der Waals surface area contributed by atoms with Crippen molar-refractivity contribution < 1.29 is 14.5 Å². The minimum atomic E-state index is -0.438. The Morgan fingerprint density at radius 2 is 1.60 bits per heavy atom. The molecule has 5 heteroatoms. The maximum Gasteiger partial charge on any atom is 0.270 e. The Hall–Kier alpha value is -3.21. The van der Waals surface area contributed by atoms with Gasteiger partial charge in [0, 0.05) is 23.3 Å². The molecule has 0 saturated heterocycles. The third kappa shape index (κ3) is 3.83. The minimum absolute atomic E-state index is 0.00525. The zero-order valence-electron chi connectivity index (χ0n) is 13.8. The van der Waals surface area contributed by atoms with E-state index in [0.29, 0.717) is 24.0 Å². The zero-order valence-corrected chi connectivity index (χ0v) is 13.8. The summed E-state index contributed by atoms with van der Waals surface area (Å²) in [6, 6.07) is 13.8. The first kappa shape index (κ1) is 16.6. The Labute approximate surface area is 145 Å². The highest BCUT2D eigenvalue weighted by molar-refractivity contribution is 6.15. The van der Waals surface area contributed by atoms with Gasteiger partial charge < -0.3 is 4.74 Å². The Morgan fingerprint density at radius 1 is 1.00 bits per heavy atom. The molecule has 0 amide bonds. The zero-order chi connectivity index (χ0) is 17.8. The first-order chi connectivity index (χ1) is 12.1. The Morgan fingerprint density at radius 3 is 2.20 bits per heavy atom. The normalized spacial score (nSPS) is 17.2. The maximum atomic E-state index is 12.6. The third-order valence-electron chi connectivity index (χ3n) is 4.10. The number of non-ortho nitro benzene ring substituents is 1. The van der Waals surface area contributed by atoms with Crippen LogP contribution in [0.5, 0.6) is 5.75 Å². The maximum absolute atomic E-state index is 12.6. The number of ketones is 1. The molecule has 1 saturated carbocycles. The second kappa shape index (κ2) is 7.13. The van der Waals surface area contributed by atoms with Crippen LogP contribution in [0.25, 0.3) is 12.2 Å². The Kier molecular flexibility index (Phi) is 4.75. The van der Waals surface area contributed by atoms with E-state index in [1.807, 2.05) is 30.3 Å². The van der Waals surface area contributed by atoms with E-state index < -0.39 is 4.92 Å². The molecule has 1 aliphatic rings. The monoisotopic (exact) mass is 335 g/mol. The molecule has 0 aromatic heterocycles. The number of allylic oxidation sites excluding steroid dienone is 2. The van der Waals surface area contributed by atoms with Gasteiger partial charge in [-0.15, -0.1) is 0 Å². The SMILES string of the molecule is COc1cccc(C=C2CCC(=Cc3cccc([N+](=O)[O-])c3)C2=O)c1. The predicted molar refractivity (Wildman–Crippen MR) is 96.3 cm³/mol. The summed E-state index contributed by atoms with van der Waals surface area (Å²) in [5, 5.41) is 10.9. The number of carbonyl (C=O) groups excluding carboxylic acids is 1. The van der Waals surface area contributed by atoms with Crippen LogP contribution in [-0.2, 0) is 4.79 Å². The molecule has 2 aromatic rings. The van der Waals surface area contributed by atoms with E-state index in [2.05, 4.69) is 0 Å². The van der Waals surface area contributed by atoms with Crippen LogP contribution < -0.4 is 4.74 Å². The van der Waals surface area contributed by atoms with Gasteiger partial charge in [-0.3, -0.25) is 14.9 Å². The predicted octanol–water partition coefficient (Wildman–Crippen LogP) is 4.43. The first-order valence-electron chi connectivity index (χ1n) is 7.91. The molecule has 0 atom stereocenters. The lowest BCUT2D eigenvalue weighted by molar-refractivity contribution is -0.384. The molecular formula is C20H17NO4. The van der Waals surface area contributed by atoms with Gasteiger partial charge in [0.05, 0.1) is 12.0 Å². The van der Waals surface area contributed by atoms with Crippen molar-refractivity contribution in [3.63, 3.8) is 0 Å². The summed E-state index contributed by atoms with van der Waals surface area (Å²) in [5.41, 5.74) is 3.02. The molecule has 1 aliphatic carbocycles. The number of nitrogens with zero attached hydrogens (tertiary/aromatic N) is 1. The van der Waals surface area contributed by atoms with Crippen molar-refractivity contribution in [1.29, 1.82) is 0 Å². The van der Waals surface area contributed by atoms with Gasteiger partial charge in [0.1, 0.15) is 5.75 Å². The van der Waals surface area contributed by atoms with E-state index in [0.717, 1.165) is 16.9 Å². The van der Waals surface area contributed by atoms with E-state index >= 15 is 0 Å². The molecule has 0 bridgehead atoms. The van der Waals surface area contributed by atoms with Gasteiger partial charge in [0.15, 0.2) is 5.78 Å². The summed E-state index contributed by atoms with van der Waals surface area (Å²) in [7, 11) is 1.60. The first-order valence-corrected chi connectivity index (χ1v) is 7.91. The molecule has 1 fully saturated rings. The molecule has 126 valence electrons. The third-order valence-corrected chi connectivity index (χ3v) is 4.10. The van der Waals surface area contributed by atoms with Crippen molar-refractivity contribution in [2.45, 2.75) is 12.8 Å². The van der Waals surface area contributed by atoms with E-state index in [4.69, 9.17) is 4.74 Å². The lowest BCUT2D eigenvalue weighted by Crippen LogP contribution is -1.96. The smallest absolute Gasteiger partial charge is 0.270 e. The molecule has 25 heavy (non-hydrogen) atoms. The number of hydrogen-bond donors (Lipinski definition) is 0. The Balaban J connectivity index is 1.85. The van der Waals surface area contributed by atoms with Crippen molar-refractivity contribution in [2.24, 2.45) is 0 Å². The van der Waals surface area contributed by atoms with Crippen LogP contribution >= 0.6 is 0 Å². The number of carbonyl (C=O) groups is 1. The summed E-state index contributed by atoms with van der Waals surface area (Å²) < 4.78 is 5.20. The number of rotatable bonds is 4. The van der Waals surface area contributed by atoms with Gasteiger partial charge >= 0.3 is 0 Å². The highest BCUT2D eigenvalue weighted by Crippen LogP contribution is 2.30. The molecule has 2 aromatic carbocycles. The molecular weight excluding hydrogens is 318 g/mol. The van der Waals surface area contributed by atoms with Crippen LogP contribution in [0.4, 0.5) is 5.69 Å². The molecule has 0 radical (unpaired) electrons. The van der Waals surface area contributed by atoms with E-state index in [1.54, 1.807) is 25.3 Å². The topological polar surface area (TPSA) is 69.4 Å². The highest BCUT2D eigenvalue weighted by Gasteiger charge is 2.23. The number of hydrogen-bond acceptors (Lipinski definition) is 4. The van der Waals surface area contributed by atoms with Gasteiger partial charge in [0.25, 0.3) is 5.69 Å². The van der Waals surface area contributed by atoms with Crippen molar-refractivity contribution in [3.05, 3.63) is 80.9 Å². The summed E-state index contributed by atoms with van der Waals surface area (Å²) in [6.07, 6.45) is 4.91. The quantitative estimate of drug-likeness (QED) is 0.471. The van der Waals surface area contributed by atoms with Crippen LogP contribution in [0.2, 0.25) is 0 Å². The molecule has 3 rings (SSSR count). The number of nitro benzene ring substituents is 1. The van der Waals surface area contributed by atoms with Gasteiger partial charge in [-0.25, -0.2) is 0 Å². The number of methoxy groups -OCH3 is 1. The largest absolute Gasteiger partial charge is 0.497 e. The van der Waals surface area contributed by atoms with Gasteiger partial charge in [-0.05, 0) is 48.3 Å². The highest BCUT2D eigenvalue weighted by atomic mass is 16.6. The van der Waals surface area contributed by atoms with Crippen LogP contribution in [0.1, 0.15) is 24.0 Å². The standard InChI is InChI=1S/C20H17NO4/c1-25-19-7-3-5-15(13-19)11-17-9-8-16(20(17)22)10-14-4-2-6-18(12-14)21(23)24/h2-7,10-13H,8-9H2,1H3. The molecule has 5 nitrogen and oxygen atoms in total. The second-order valence-electron chi connectivity index (χ2n) is 5.80. The van der Waals surface area contributed by atoms with Crippen LogP contribution in [0, 0.1) is 10.1 Å². The lowest BCUT2D eigenvalue weighted by atomic mass is 10.1. The second-order valence-corrected chi connectivity index (χ2v) is 5.80. The summed E-state index contributed by atoms with van der Waals surface area (Å²) in [5.74, 6) is 0.737. The van der Waals surface area contributed by atoms with E-state index in [-0.39, 0.29) is 11.5 Å². The fourth-order valence-corrected chi connectivity index (χ4v) is 2.84. The van der Waals surface area contributed by atoms with Crippen LogP contribution in [0.3, 0.4) is 0 Å². The lowest BCUT2D eigenvalue weighted by Gasteiger charge is -2.01. The summed E-state index contributed by atoms with van der Waals surface area (Å²) in [4.78, 5) is 23.0. The molecule has 0 heterocycles. The minimum Gasteiger partial charge on any atom is -0.497 e. The fraction of sp³-hybridized carbons (Fsp3) is 0.150. The number of nitro groups is 1. The van der Waals surface area contributed by atoms with Gasteiger partial charge in [-0.1, -0.05) is 24.3 Å². The molecule has 0 unspecified atom stereocenters. The molecule has 0 N–H and O–H groups in total. The summed E-state index contributed by atoms with van der Waals surface area (Å²) in [6.45, 7) is 0. The summed E-state index contributed by atoms with van der Waals surface area (Å²) >= 11 is 0. The van der Waals surface area contributed by atoms with Crippen molar-refractivity contribution in [3.8, 4) is 5.75 Å². The fourth-order valence-electron chi connectivity index (χ4n) is 2.84. The van der Waals surface area contributed by atoms with E-state index in [9.17, 15) is 14.9 Å². The van der Waals surface area contributed by atoms with Gasteiger partial charge in [0.2, 0.25) is 0 Å².